The molecule has 2 N–H and O–H groups in total. The van der Waals surface area contributed by atoms with Gasteiger partial charge in [-0.05, 0) is 33.1 Å². The molecule has 1 heterocycles. The minimum atomic E-state index is -0.483. The number of amides is 1. The van der Waals surface area contributed by atoms with E-state index in [9.17, 15) is 9.90 Å². The molecular formula is C12H23NO4. The Bertz CT molecular complexity index is 249. The molecule has 0 spiro atoms. The maximum absolute atomic E-state index is 11.5. The minimum absolute atomic E-state index is 0.143. The molecule has 100 valence electrons. The molecule has 0 aromatic rings. The Kier molecular flexibility index (Phi) is 5.21. The fourth-order valence-corrected chi connectivity index (χ4v) is 1.84. The van der Waals surface area contributed by atoms with Crippen molar-refractivity contribution in [3.63, 3.8) is 0 Å². The van der Waals surface area contributed by atoms with Crippen molar-refractivity contribution >= 4 is 6.09 Å². The Morgan fingerprint density at radius 3 is 2.76 bits per heavy atom. The number of rotatable bonds is 3. The number of aliphatic hydroxyl groups is 1. The van der Waals surface area contributed by atoms with Gasteiger partial charge in [0, 0.05) is 25.7 Å². The van der Waals surface area contributed by atoms with Crippen LogP contribution in [0.15, 0.2) is 0 Å². The molecule has 2 unspecified atom stereocenters. The Labute approximate surface area is 102 Å². The monoisotopic (exact) mass is 245 g/mol. The van der Waals surface area contributed by atoms with E-state index in [1.165, 1.54) is 0 Å². The summed E-state index contributed by atoms with van der Waals surface area (Å²) >= 11 is 0. The van der Waals surface area contributed by atoms with E-state index in [0.717, 1.165) is 6.42 Å². The largest absolute Gasteiger partial charge is 0.444 e. The number of nitrogens with one attached hydrogen (secondary N) is 1. The van der Waals surface area contributed by atoms with Gasteiger partial charge in [0.2, 0.25) is 0 Å². The van der Waals surface area contributed by atoms with E-state index in [-0.39, 0.29) is 18.4 Å². The lowest BCUT2D eigenvalue weighted by Gasteiger charge is -2.30. The van der Waals surface area contributed by atoms with Crippen LogP contribution in [0.25, 0.3) is 0 Å². The number of alkyl carbamates (subject to hydrolysis) is 1. The summed E-state index contributed by atoms with van der Waals surface area (Å²) < 4.78 is 10.5. The lowest BCUT2D eigenvalue weighted by molar-refractivity contribution is -0.00473. The Hall–Kier alpha value is -0.810. The molecule has 1 aliphatic rings. The van der Waals surface area contributed by atoms with E-state index >= 15 is 0 Å². The topological polar surface area (TPSA) is 67.8 Å². The summed E-state index contributed by atoms with van der Waals surface area (Å²) in [5, 5.41) is 11.9. The van der Waals surface area contributed by atoms with Crippen LogP contribution in [0, 0.1) is 11.8 Å². The third kappa shape index (κ3) is 5.37. The number of aliphatic hydroxyl groups excluding tert-OH is 1. The minimum Gasteiger partial charge on any atom is -0.444 e. The van der Waals surface area contributed by atoms with Gasteiger partial charge in [-0.25, -0.2) is 4.79 Å². The van der Waals surface area contributed by atoms with Crippen molar-refractivity contribution in [2.24, 2.45) is 11.8 Å². The number of carbonyl (C=O) groups is 1. The molecule has 0 aromatic carbocycles. The molecule has 0 aromatic heterocycles. The van der Waals surface area contributed by atoms with Crippen LogP contribution in [-0.2, 0) is 9.47 Å². The standard InChI is InChI=1S/C12H23NO4/c1-12(2,3)17-11(15)13-6-10-8-16-5-4-9(10)7-14/h9-10,14H,4-8H2,1-3H3,(H,13,15). The highest BCUT2D eigenvalue weighted by Gasteiger charge is 2.26. The molecule has 2 atom stereocenters. The van der Waals surface area contributed by atoms with Crippen LogP contribution in [-0.4, -0.2) is 43.2 Å². The maximum Gasteiger partial charge on any atom is 0.407 e. The fraction of sp³-hybridized carbons (Fsp3) is 0.917. The van der Waals surface area contributed by atoms with Crippen molar-refractivity contribution in [1.82, 2.24) is 5.32 Å². The third-order valence-corrected chi connectivity index (χ3v) is 2.77. The molecule has 1 aliphatic heterocycles. The van der Waals surface area contributed by atoms with Gasteiger partial charge < -0.3 is 19.9 Å². The van der Waals surface area contributed by atoms with E-state index in [1.54, 1.807) is 0 Å². The predicted molar refractivity (Wildman–Crippen MR) is 63.7 cm³/mol. The van der Waals surface area contributed by atoms with Crippen LogP contribution in [0.3, 0.4) is 0 Å². The van der Waals surface area contributed by atoms with Crippen LogP contribution in [0.5, 0.6) is 0 Å². The van der Waals surface area contributed by atoms with Crippen molar-refractivity contribution in [3.05, 3.63) is 0 Å². The van der Waals surface area contributed by atoms with Gasteiger partial charge in [0.15, 0.2) is 0 Å². The highest BCUT2D eigenvalue weighted by atomic mass is 16.6. The lowest BCUT2D eigenvalue weighted by atomic mass is 9.89. The van der Waals surface area contributed by atoms with Crippen molar-refractivity contribution in [1.29, 1.82) is 0 Å². The molecule has 0 radical (unpaired) electrons. The van der Waals surface area contributed by atoms with E-state index in [2.05, 4.69) is 5.32 Å². The summed E-state index contributed by atoms with van der Waals surface area (Å²) in [6.07, 6.45) is 0.428. The van der Waals surface area contributed by atoms with Crippen LogP contribution >= 0.6 is 0 Å². The maximum atomic E-state index is 11.5. The molecule has 5 nitrogen and oxygen atoms in total. The van der Waals surface area contributed by atoms with E-state index in [0.29, 0.717) is 19.8 Å². The second-order valence-corrected chi connectivity index (χ2v) is 5.45. The van der Waals surface area contributed by atoms with Crippen molar-refractivity contribution in [2.75, 3.05) is 26.4 Å². The molecule has 0 aliphatic carbocycles. The zero-order valence-electron chi connectivity index (χ0n) is 10.9. The Morgan fingerprint density at radius 2 is 2.18 bits per heavy atom. The first kappa shape index (κ1) is 14.3. The molecule has 0 saturated carbocycles. The number of carbonyl (C=O) groups excluding carboxylic acids is 1. The molecule has 5 heteroatoms. The second-order valence-electron chi connectivity index (χ2n) is 5.45. The zero-order chi connectivity index (χ0) is 12.9. The van der Waals surface area contributed by atoms with E-state index in [4.69, 9.17) is 9.47 Å². The average molecular weight is 245 g/mol. The first-order valence-electron chi connectivity index (χ1n) is 6.08. The van der Waals surface area contributed by atoms with Gasteiger partial charge in [-0.3, -0.25) is 0 Å². The number of ether oxygens (including phenoxy) is 2. The molecule has 1 amide bonds. The summed E-state index contributed by atoms with van der Waals surface area (Å²) in [5.74, 6) is 0.375. The zero-order valence-corrected chi connectivity index (χ0v) is 10.9. The Balaban J connectivity index is 2.31. The molecule has 1 saturated heterocycles. The van der Waals surface area contributed by atoms with Crippen molar-refractivity contribution < 1.29 is 19.4 Å². The van der Waals surface area contributed by atoms with E-state index in [1.807, 2.05) is 20.8 Å². The highest BCUT2D eigenvalue weighted by molar-refractivity contribution is 5.67. The SMILES string of the molecule is CC(C)(C)OC(=O)NCC1COCCC1CO. The molecule has 1 rings (SSSR count). The summed E-state index contributed by atoms with van der Waals surface area (Å²) in [6.45, 7) is 7.38. The second kappa shape index (κ2) is 6.21. The van der Waals surface area contributed by atoms with Gasteiger partial charge >= 0.3 is 6.09 Å². The van der Waals surface area contributed by atoms with Gasteiger partial charge in [0.1, 0.15) is 5.60 Å². The lowest BCUT2D eigenvalue weighted by Crippen LogP contribution is -2.41. The van der Waals surface area contributed by atoms with Gasteiger partial charge in [0.05, 0.1) is 6.61 Å². The number of hydrogen-bond donors (Lipinski definition) is 2. The highest BCUT2D eigenvalue weighted by Crippen LogP contribution is 2.20. The Morgan fingerprint density at radius 1 is 1.47 bits per heavy atom. The van der Waals surface area contributed by atoms with Crippen LogP contribution in [0.2, 0.25) is 0 Å². The normalized spacial score (nSPS) is 25.4. The van der Waals surface area contributed by atoms with Gasteiger partial charge in [-0.1, -0.05) is 0 Å². The molecular weight excluding hydrogens is 222 g/mol. The van der Waals surface area contributed by atoms with Crippen LogP contribution < -0.4 is 5.32 Å². The summed E-state index contributed by atoms with van der Waals surface area (Å²) in [7, 11) is 0. The predicted octanol–water partition coefficient (Wildman–Crippen LogP) is 1.16. The van der Waals surface area contributed by atoms with Gasteiger partial charge in [-0.2, -0.15) is 0 Å². The summed E-state index contributed by atoms with van der Waals surface area (Å²) in [4.78, 5) is 11.5. The average Bonchev–Trinajstić information content (AvgIpc) is 2.24. The first-order valence-corrected chi connectivity index (χ1v) is 6.08. The van der Waals surface area contributed by atoms with Crippen molar-refractivity contribution in [3.8, 4) is 0 Å². The smallest absolute Gasteiger partial charge is 0.407 e. The summed E-state index contributed by atoms with van der Waals surface area (Å²) in [5.41, 5.74) is -0.483. The first-order chi connectivity index (χ1) is 7.92. The molecule has 17 heavy (non-hydrogen) atoms. The number of hydrogen-bond acceptors (Lipinski definition) is 4. The molecule has 1 fully saturated rings. The molecule has 0 bridgehead atoms. The summed E-state index contributed by atoms with van der Waals surface area (Å²) in [6, 6.07) is 0. The van der Waals surface area contributed by atoms with Crippen LogP contribution in [0.4, 0.5) is 4.79 Å². The quantitative estimate of drug-likeness (QED) is 0.783. The van der Waals surface area contributed by atoms with E-state index < -0.39 is 11.7 Å². The fourth-order valence-electron chi connectivity index (χ4n) is 1.84. The van der Waals surface area contributed by atoms with Gasteiger partial charge in [-0.15, -0.1) is 0 Å². The van der Waals surface area contributed by atoms with Crippen LogP contribution in [0.1, 0.15) is 27.2 Å². The van der Waals surface area contributed by atoms with Gasteiger partial charge in [0.25, 0.3) is 0 Å². The van der Waals surface area contributed by atoms with Crippen molar-refractivity contribution in [2.45, 2.75) is 32.8 Å². The third-order valence-electron chi connectivity index (χ3n) is 2.77.